The molecule has 1 aromatic rings. The van der Waals surface area contributed by atoms with Crippen LogP contribution >= 0.6 is 0 Å². The van der Waals surface area contributed by atoms with Crippen molar-refractivity contribution in [3.63, 3.8) is 0 Å². The summed E-state index contributed by atoms with van der Waals surface area (Å²) in [5.74, 6) is 0.00809. The number of hydrogen-bond acceptors (Lipinski definition) is 4. The molecule has 1 saturated heterocycles. The molecule has 0 amide bonds. The monoisotopic (exact) mass is 278 g/mol. The molecule has 2 aliphatic rings. The lowest BCUT2D eigenvalue weighted by Gasteiger charge is -2.28. The van der Waals surface area contributed by atoms with Gasteiger partial charge in [0.15, 0.2) is 0 Å². The van der Waals surface area contributed by atoms with Gasteiger partial charge in [-0.25, -0.2) is 0 Å². The lowest BCUT2D eigenvalue weighted by Crippen LogP contribution is -2.36. The maximum atomic E-state index is 9.37. The maximum absolute atomic E-state index is 9.37. The van der Waals surface area contributed by atoms with Crippen molar-refractivity contribution in [3.8, 4) is 0 Å². The van der Waals surface area contributed by atoms with Crippen LogP contribution in [0.1, 0.15) is 37.8 Å². The van der Waals surface area contributed by atoms with Crippen molar-refractivity contribution in [1.29, 1.82) is 0 Å². The van der Waals surface area contributed by atoms with Crippen LogP contribution in [-0.4, -0.2) is 42.4 Å². The van der Waals surface area contributed by atoms with Gasteiger partial charge in [0.05, 0.1) is 25.1 Å². The molecule has 1 aliphatic carbocycles. The summed E-state index contributed by atoms with van der Waals surface area (Å²) >= 11 is 0. The van der Waals surface area contributed by atoms with Crippen LogP contribution in [0.5, 0.6) is 0 Å². The van der Waals surface area contributed by atoms with Crippen molar-refractivity contribution < 1.29 is 14.6 Å². The minimum absolute atomic E-state index is 0.222. The van der Waals surface area contributed by atoms with Gasteiger partial charge in [-0.05, 0) is 25.0 Å². The number of pyridine rings is 1. The first kappa shape index (κ1) is 14.8. The van der Waals surface area contributed by atoms with Gasteiger partial charge in [-0.2, -0.15) is 0 Å². The van der Waals surface area contributed by atoms with Crippen LogP contribution in [0.25, 0.3) is 0 Å². The summed E-state index contributed by atoms with van der Waals surface area (Å²) in [6.45, 7) is 5.26. The maximum Gasteiger partial charge on any atom is 0.303 e. The van der Waals surface area contributed by atoms with E-state index in [1.54, 1.807) is 6.92 Å². The molecule has 1 aliphatic heterocycles. The third-order valence-corrected chi connectivity index (χ3v) is 3.45. The van der Waals surface area contributed by atoms with Crippen LogP contribution in [0.2, 0.25) is 0 Å². The predicted molar refractivity (Wildman–Crippen MR) is 77.2 cm³/mol. The Hall–Kier alpha value is -1.62. The van der Waals surface area contributed by atoms with E-state index >= 15 is 0 Å². The topological polar surface area (TPSA) is 62.7 Å². The number of nitrogens with zero attached hydrogens (tertiary/aromatic N) is 2. The van der Waals surface area contributed by atoms with E-state index in [-0.39, 0.29) is 6.42 Å². The molecule has 20 heavy (non-hydrogen) atoms. The third kappa shape index (κ3) is 4.49. The Labute approximate surface area is 119 Å². The summed E-state index contributed by atoms with van der Waals surface area (Å²) in [5.41, 5.74) is 2.51. The number of carboxylic acid groups (broad SMARTS) is 1. The van der Waals surface area contributed by atoms with Crippen LogP contribution in [0.3, 0.4) is 0 Å². The first-order valence-electron chi connectivity index (χ1n) is 7.21. The molecular weight excluding hydrogens is 256 g/mol. The summed E-state index contributed by atoms with van der Waals surface area (Å²) in [6.07, 6.45) is 4.88. The van der Waals surface area contributed by atoms with Crippen LogP contribution in [0, 0.1) is 0 Å². The van der Waals surface area contributed by atoms with Crippen molar-refractivity contribution in [1.82, 2.24) is 4.98 Å². The van der Waals surface area contributed by atoms with Gasteiger partial charge < -0.3 is 14.7 Å². The molecule has 2 fully saturated rings. The molecule has 1 aromatic heterocycles. The van der Waals surface area contributed by atoms with E-state index in [1.807, 2.05) is 6.20 Å². The van der Waals surface area contributed by atoms with Crippen LogP contribution in [0.15, 0.2) is 18.3 Å². The summed E-state index contributed by atoms with van der Waals surface area (Å²) < 4.78 is 5.33. The van der Waals surface area contributed by atoms with Crippen molar-refractivity contribution >= 4 is 11.7 Å². The van der Waals surface area contributed by atoms with Crippen LogP contribution in [0.4, 0.5) is 5.69 Å². The Morgan fingerprint density at radius 3 is 2.50 bits per heavy atom. The van der Waals surface area contributed by atoms with E-state index < -0.39 is 5.97 Å². The Bertz CT molecular complexity index is 423. The van der Waals surface area contributed by atoms with Gasteiger partial charge in [-0.3, -0.25) is 9.78 Å². The Morgan fingerprint density at radius 1 is 1.40 bits per heavy atom. The first-order chi connectivity index (χ1) is 9.70. The van der Waals surface area contributed by atoms with Gasteiger partial charge in [-0.15, -0.1) is 0 Å². The number of carboxylic acids is 1. The summed E-state index contributed by atoms with van der Waals surface area (Å²) in [5, 5.41) is 7.72. The van der Waals surface area contributed by atoms with Gasteiger partial charge >= 0.3 is 5.97 Å². The second-order valence-electron chi connectivity index (χ2n) is 5.06. The second-order valence-corrected chi connectivity index (χ2v) is 5.06. The zero-order chi connectivity index (χ0) is 14.4. The summed E-state index contributed by atoms with van der Waals surface area (Å²) in [4.78, 5) is 16.2. The molecule has 5 heteroatoms. The van der Waals surface area contributed by atoms with E-state index in [0.717, 1.165) is 32.2 Å². The molecular formula is C15H22N2O3. The van der Waals surface area contributed by atoms with E-state index in [9.17, 15) is 4.79 Å². The number of anilines is 1. The SMILES string of the molecule is CCC(=O)O.c1cc(C2CC2)ncc1N1CCOCC1. The van der Waals surface area contributed by atoms with E-state index in [2.05, 4.69) is 22.0 Å². The number of aliphatic carboxylic acids is 1. The van der Waals surface area contributed by atoms with Crippen LogP contribution in [-0.2, 0) is 9.53 Å². The second kappa shape index (κ2) is 7.24. The predicted octanol–water partition coefficient (Wildman–Crippen LogP) is 2.28. The number of rotatable bonds is 3. The van der Waals surface area contributed by atoms with Gasteiger partial charge in [0.25, 0.3) is 0 Å². The molecule has 0 unspecified atom stereocenters. The van der Waals surface area contributed by atoms with Crippen molar-refractivity contribution in [2.45, 2.75) is 32.1 Å². The average Bonchev–Trinajstić information content (AvgIpc) is 3.34. The molecule has 2 heterocycles. The number of morpholine rings is 1. The molecule has 110 valence electrons. The normalized spacial score (nSPS) is 18.1. The molecule has 0 radical (unpaired) electrons. The fourth-order valence-electron chi connectivity index (χ4n) is 2.03. The fraction of sp³-hybridized carbons (Fsp3) is 0.600. The number of aromatic nitrogens is 1. The third-order valence-electron chi connectivity index (χ3n) is 3.45. The highest BCUT2D eigenvalue weighted by molar-refractivity contribution is 5.66. The highest BCUT2D eigenvalue weighted by Crippen LogP contribution is 2.39. The minimum atomic E-state index is -0.745. The van der Waals surface area contributed by atoms with Gasteiger partial charge in [0.1, 0.15) is 0 Å². The highest BCUT2D eigenvalue weighted by atomic mass is 16.5. The zero-order valence-corrected chi connectivity index (χ0v) is 11.9. The Balaban J connectivity index is 0.000000257. The highest BCUT2D eigenvalue weighted by Gasteiger charge is 2.24. The minimum Gasteiger partial charge on any atom is -0.481 e. The Kier molecular flexibility index (Phi) is 5.35. The quantitative estimate of drug-likeness (QED) is 0.919. The Morgan fingerprint density at radius 2 is 2.05 bits per heavy atom. The van der Waals surface area contributed by atoms with Crippen molar-refractivity contribution in [2.24, 2.45) is 0 Å². The van der Waals surface area contributed by atoms with E-state index in [4.69, 9.17) is 9.84 Å². The smallest absolute Gasteiger partial charge is 0.303 e. The molecule has 1 N–H and O–H groups in total. The molecule has 0 atom stereocenters. The van der Waals surface area contributed by atoms with Gasteiger partial charge in [0, 0.05) is 31.1 Å². The van der Waals surface area contributed by atoms with Gasteiger partial charge in [0.2, 0.25) is 0 Å². The summed E-state index contributed by atoms with van der Waals surface area (Å²) in [6, 6.07) is 4.38. The van der Waals surface area contributed by atoms with Crippen molar-refractivity contribution in [2.75, 3.05) is 31.2 Å². The van der Waals surface area contributed by atoms with Gasteiger partial charge in [-0.1, -0.05) is 6.92 Å². The lowest BCUT2D eigenvalue weighted by atomic mass is 10.2. The number of carbonyl (C=O) groups is 1. The molecule has 0 bridgehead atoms. The standard InChI is InChI=1S/C12H16N2O.C3H6O2/c1-2-10(1)12-4-3-11(9-13-12)14-5-7-15-8-6-14;1-2-3(4)5/h3-4,9-10H,1-2,5-8H2;2H2,1H3,(H,4,5). The molecule has 5 nitrogen and oxygen atoms in total. The van der Waals surface area contributed by atoms with Crippen molar-refractivity contribution in [3.05, 3.63) is 24.0 Å². The van der Waals surface area contributed by atoms with E-state index in [1.165, 1.54) is 24.2 Å². The fourth-order valence-corrected chi connectivity index (χ4v) is 2.03. The largest absolute Gasteiger partial charge is 0.481 e. The number of hydrogen-bond donors (Lipinski definition) is 1. The molecule has 1 saturated carbocycles. The number of ether oxygens (including phenoxy) is 1. The average molecular weight is 278 g/mol. The van der Waals surface area contributed by atoms with E-state index in [0.29, 0.717) is 0 Å². The molecule has 0 spiro atoms. The first-order valence-corrected chi connectivity index (χ1v) is 7.21. The molecule has 0 aromatic carbocycles. The summed E-state index contributed by atoms with van der Waals surface area (Å²) in [7, 11) is 0. The zero-order valence-electron chi connectivity index (χ0n) is 11.9. The molecule has 3 rings (SSSR count). The van der Waals surface area contributed by atoms with Crippen LogP contribution < -0.4 is 4.90 Å². The lowest BCUT2D eigenvalue weighted by molar-refractivity contribution is -0.136.